The van der Waals surface area contributed by atoms with Crippen LogP contribution in [-0.2, 0) is 9.53 Å². The molecule has 2 atom stereocenters. The van der Waals surface area contributed by atoms with Crippen molar-refractivity contribution in [2.75, 3.05) is 18.6 Å². The zero-order valence-corrected chi connectivity index (χ0v) is 10.7. The van der Waals surface area contributed by atoms with Gasteiger partial charge in [-0.25, -0.2) is 9.69 Å². The summed E-state index contributed by atoms with van der Waals surface area (Å²) in [5.74, 6) is 0.444. The van der Waals surface area contributed by atoms with Crippen LogP contribution in [0.25, 0.3) is 0 Å². The van der Waals surface area contributed by atoms with Gasteiger partial charge in [-0.1, -0.05) is 0 Å². The van der Waals surface area contributed by atoms with Gasteiger partial charge in [0.15, 0.2) is 0 Å². The molecule has 3 rings (SSSR count). The van der Waals surface area contributed by atoms with E-state index in [1.807, 2.05) is 0 Å². The Morgan fingerprint density at radius 1 is 1.26 bits per heavy atom. The Hall–Kier alpha value is -2.08. The number of hydrogen-bond donors (Lipinski definition) is 0. The SMILES string of the molecule is COc1ccc(N2C(=O)[C@H]3COC(C)N3C2=O)cc1. The predicted molar refractivity (Wildman–Crippen MR) is 66.9 cm³/mol. The number of rotatable bonds is 2. The Labute approximate surface area is 110 Å². The summed E-state index contributed by atoms with van der Waals surface area (Å²) < 4.78 is 10.4. The van der Waals surface area contributed by atoms with Crippen LogP contribution in [0.15, 0.2) is 24.3 Å². The van der Waals surface area contributed by atoms with E-state index < -0.39 is 6.04 Å². The van der Waals surface area contributed by atoms with Crippen molar-refractivity contribution in [1.82, 2.24) is 4.90 Å². The van der Waals surface area contributed by atoms with Gasteiger partial charge in [-0.05, 0) is 31.2 Å². The number of imide groups is 1. The van der Waals surface area contributed by atoms with E-state index in [2.05, 4.69) is 0 Å². The maximum Gasteiger partial charge on any atom is 0.334 e. The number of hydrogen-bond acceptors (Lipinski definition) is 4. The lowest BCUT2D eigenvalue weighted by molar-refractivity contribution is -0.119. The van der Waals surface area contributed by atoms with Crippen LogP contribution in [0.3, 0.4) is 0 Å². The number of methoxy groups -OCH3 is 1. The van der Waals surface area contributed by atoms with Crippen LogP contribution >= 0.6 is 0 Å². The van der Waals surface area contributed by atoms with Gasteiger partial charge in [-0.2, -0.15) is 0 Å². The smallest absolute Gasteiger partial charge is 0.334 e. The molecule has 2 saturated heterocycles. The monoisotopic (exact) mass is 262 g/mol. The molecule has 0 saturated carbocycles. The summed E-state index contributed by atoms with van der Waals surface area (Å²) in [7, 11) is 1.57. The van der Waals surface area contributed by atoms with Crippen LogP contribution < -0.4 is 9.64 Å². The van der Waals surface area contributed by atoms with Crippen molar-refractivity contribution in [3.8, 4) is 5.75 Å². The highest BCUT2D eigenvalue weighted by atomic mass is 16.5. The number of urea groups is 1. The number of fused-ring (bicyclic) bond motifs is 1. The van der Waals surface area contributed by atoms with E-state index in [0.29, 0.717) is 11.4 Å². The van der Waals surface area contributed by atoms with Gasteiger partial charge in [0.2, 0.25) is 0 Å². The molecule has 6 heteroatoms. The van der Waals surface area contributed by atoms with Crippen molar-refractivity contribution in [3.05, 3.63) is 24.3 Å². The summed E-state index contributed by atoms with van der Waals surface area (Å²) in [5.41, 5.74) is 0.553. The van der Waals surface area contributed by atoms with Crippen molar-refractivity contribution in [2.24, 2.45) is 0 Å². The third kappa shape index (κ3) is 1.67. The van der Waals surface area contributed by atoms with Crippen LogP contribution in [-0.4, -0.2) is 42.8 Å². The van der Waals surface area contributed by atoms with E-state index in [1.54, 1.807) is 38.3 Å². The second-order valence-corrected chi connectivity index (χ2v) is 4.51. The molecule has 0 aromatic heterocycles. The zero-order chi connectivity index (χ0) is 13.6. The lowest BCUT2D eigenvalue weighted by Gasteiger charge is -2.19. The number of nitrogens with zero attached hydrogens (tertiary/aromatic N) is 2. The minimum Gasteiger partial charge on any atom is -0.497 e. The lowest BCUT2D eigenvalue weighted by Crippen LogP contribution is -2.37. The van der Waals surface area contributed by atoms with Gasteiger partial charge >= 0.3 is 6.03 Å². The number of amides is 3. The topological polar surface area (TPSA) is 59.1 Å². The highest BCUT2D eigenvalue weighted by molar-refractivity contribution is 6.21. The third-order valence-corrected chi connectivity index (χ3v) is 3.47. The van der Waals surface area contributed by atoms with Crippen LogP contribution in [0.1, 0.15) is 6.92 Å². The predicted octanol–water partition coefficient (Wildman–Crippen LogP) is 1.21. The molecule has 2 fully saturated rings. The molecule has 1 aromatic carbocycles. The fourth-order valence-corrected chi connectivity index (χ4v) is 2.45. The molecule has 100 valence electrons. The standard InChI is InChI=1S/C13H14N2O4/c1-8-14-11(7-19-8)12(16)15(13(14)17)9-3-5-10(18-2)6-4-9/h3-6,8,11H,7H2,1-2H3/t8?,11-/m1/s1. The van der Waals surface area contributed by atoms with Crippen LogP contribution in [0.5, 0.6) is 5.75 Å². The Morgan fingerprint density at radius 2 is 1.95 bits per heavy atom. The molecule has 2 aliphatic heterocycles. The van der Waals surface area contributed by atoms with Gasteiger partial charge < -0.3 is 9.47 Å². The summed E-state index contributed by atoms with van der Waals surface area (Å²) in [5, 5.41) is 0. The first-order valence-corrected chi connectivity index (χ1v) is 6.05. The van der Waals surface area contributed by atoms with E-state index in [-0.39, 0.29) is 24.8 Å². The Balaban J connectivity index is 1.93. The fraction of sp³-hybridized carbons (Fsp3) is 0.385. The summed E-state index contributed by atoms with van der Waals surface area (Å²) in [6.45, 7) is 2.03. The number of anilines is 1. The van der Waals surface area contributed by atoms with Gasteiger partial charge in [-0.3, -0.25) is 9.69 Å². The van der Waals surface area contributed by atoms with Crippen molar-refractivity contribution >= 4 is 17.6 Å². The van der Waals surface area contributed by atoms with Crippen molar-refractivity contribution in [2.45, 2.75) is 19.2 Å². The number of carbonyl (C=O) groups is 2. The van der Waals surface area contributed by atoms with E-state index in [9.17, 15) is 9.59 Å². The van der Waals surface area contributed by atoms with Crippen molar-refractivity contribution in [1.29, 1.82) is 0 Å². The minimum atomic E-state index is -0.496. The zero-order valence-electron chi connectivity index (χ0n) is 10.7. The largest absolute Gasteiger partial charge is 0.497 e. The Morgan fingerprint density at radius 3 is 2.53 bits per heavy atom. The van der Waals surface area contributed by atoms with Crippen molar-refractivity contribution < 1.29 is 19.1 Å². The van der Waals surface area contributed by atoms with Crippen LogP contribution in [0.4, 0.5) is 10.5 Å². The Bertz CT molecular complexity index is 528. The molecule has 0 bridgehead atoms. The first-order valence-electron chi connectivity index (χ1n) is 6.05. The highest BCUT2D eigenvalue weighted by Gasteiger charge is 2.51. The van der Waals surface area contributed by atoms with Gasteiger partial charge in [0, 0.05) is 0 Å². The molecular formula is C13H14N2O4. The molecule has 0 spiro atoms. The van der Waals surface area contributed by atoms with Crippen molar-refractivity contribution in [3.63, 3.8) is 0 Å². The van der Waals surface area contributed by atoms with E-state index >= 15 is 0 Å². The molecule has 6 nitrogen and oxygen atoms in total. The van der Waals surface area contributed by atoms with Gasteiger partial charge in [0.1, 0.15) is 18.0 Å². The van der Waals surface area contributed by atoms with E-state index in [4.69, 9.17) is 9.47 Å². The third-order valence-electron chi connectivity index (χ3n) is 3.47. The summed E-state index contributed by atoms with van der Waals surface area (Å²) in [6, 6.07) is 6.01. The molecule has 0 N–H and O–H groups in total. The number of carbonyl (C=O) groups excluding carboxylic acids is 2. The highest BCUT2D eigenvalue weighted by Crippen LogP contribution is 2.31. The average molecular weight is 262 g/mol. The first kappa shape index (κ1) is 12.0. The molecule has 1 aromatic rings. The van der Waals surface area contributed by atoms with Gasteiger partial charge in [0.25, 0.3) is 5.91 Å². The fourth-order valence-electron chi connectivity index (χ4n) is 2.45. The first-order chi connectivity index (χ1) is 9.13. The number of ether oxygens (including phenoxy) is 2. The second-order valence-electron chi connectivity index (χ2n) is 4.51. The molecule has 0 aliphatic carbocycles. The minimum absolute atomic E-state index is 0.237. The normalized spacial score (nSPS) is 26.0. The van der Waals surface area contributed by atoms with Crippen LogP contribution in [0.2, 0.25) is 0 Å². The quantitative estimate of drug-likeness (QED) is 0.752. The average Bonchev–Trinajstić information content (AvgIpc) is 2.91. The Kier molecular flexibility index (Phi) is 2.67. The molecule has 19 heavy (non-hydrogen) atoms. The molecule has 2 heterocycles. The summed E-state index contributed by atoms with van der Waals surface area (Å²) in [6.07, 6.45) is -0.357. The van der Waals surface area contributed by atoms with Gasteiger partial charge in [-0.15, -0.1) is 0 Å². The van der Waals surface area contributed by atoms with E-state index in [1.165, 1.54) is 9.80 Å². The maximum atomic E-state index is 12.3. The molecule has 1 unspecified atom stereocenters. The van der Waals surface area contributed by atoms with Crippen LogP contribution in [0, 0.1) is 0 Å². The van der Waals surface area contributed by atoms with Gasteiger partial charge in [0.05, 0.1) is 19.4 Å². The molecular weight excluding hydrogens is 248 g/mol. The maximum absolute atomic E-state index is 12.3. The summed E-state index contributed by atoms with van der Waals surface area (Å²) >= 11 is 0. The second kappa shape index (κ2) is 4.24. The summed E-state index contributed by atoms with van der Waals surface area (Å²) in [4.78, 5) is 27.2. The lowest BCUT2D eigenvalue weighted by atomic mass is 10.2. The number of benzene rings is 1. The molecule has 0 radical (unpaired) electrons. The van der Waals surface area contributed by atoms with E-state index in [0.717, 1.165) is 0 Å². The molecule has 3 amide bonds. The molecule has 2 aliphatic rings.